The Kier molecular flexibility index (Phi) is 7.51. The average Bonchev–Trinajstić information content (AvgIpc) is 2.67. The number of aliphatic hydroxyl groups is 3. The van der Waals surface area contributed by atoms with Crippen LogP contribution in [0, 0.1) is 5.92 Å². The first-order valence-electron chi connectivity index (χ1n) is 8.75. The fourth-order valence-corrected chi connectivity index (χ4v) is 2.41. The van der Waals surface area contributed by atoms with Crippen LogP contribution in [0.3, 0.4) is 0 Å². The Balaban J connectivity index is 1.91. The first-order valence-corrected chi connectivity index (χ1v) is 8.75. The molecule has 2 rings (SSSR count). The SMILES string of the molecule is CC(C)C(=O)OCc1ccc(NC(=O)OC2OC(C(=O)O)C(O)C(O)C2O)cc1. The van der Waals surface area contributed by atoms with E-state index in [0.29, 0.717) is 11.3 Å². The van der Waals surface area contributed by atoms with Crippen LogP contribution in [-0.4, -0.2) is 69.2 Å². The average molecular weight is 413 g/mol. The lowest BCUT2D eigenvalue weighted by atomic mass is 9.99. The van der Waals surface area contributed by atoms with Gasteiger partial charge in [0.2, 0.25) is 6.29 Å². The molecule has 1 saturated heterocycles. The smallest absolute Gasteiger partial charge is 0.414 e. The van der Waals surface area contributed by atoms with Crippen molar-refractivity contribution in [2.45, 2.75) is 51.2 Å². The number of nitrogens with one attached hydrogen (secondary N) is 1. The molecule has 1 fully saturated rings. The quantitative estimate of drug-likeness (QED) is 0.394. The molecule has 5 atom stereocenters. The number of carboxylic acids is 1. The third kappa shape index (κ3) is 5.87. The predicted molar refractivity (Wildman–Crippen MR) is 95.5 cm³/mol. The van der Waals surface area contributed by atoms with E-state index in [1.165, 1.54) is 12.1 Å². The van der Waals surface area contributed by atoms with E-state index in [4.69, 9.17) is 19.3 Å². The van der Waals surface area contributed by atoms with Crippen molar-refractivity contribution < 1.29 is 49.0 Å². The molecule has 11 heteroatoms. The number of carbonyl (C=O) groups excluding carboxylic acids is 2. The number of carbonyl (C=O) groups is 3. The van der Waals surface area contributed by atoms with Crippen LogP contribution >= 0.6 is 0 Å². The number of ether oxygens (including phenoxy) is 3. The standard InChI is InChI=1S/C18H23NO10/c1-8(2)16(25)27-7-9-3-5-10(6-4-9)19-18(26)29-17-13(22)11(20)12(21)14(28-17)15(23)24/h3-6,8,11-14,17,20-22H,7H2,1-2H3,(H,19,26)(H,23,24). The highest BCUT2D eigenvalue weighted by atomic mass is 16.7. The number of rotatable bonds is 6. The summed E-state index contributed by atoms with van der Waals surface area (Å²) in [6.07, 6.45) is -10.4. The molecule has 1 aliphatic rings. The molecule has 1 heterocycles. The van der Waals surface area contributed by atoms with Gasteiger partial charge in [0, 0.05) is 5.69 Å². The second-order valence-electron chi connectivity index (χ2n) is 6.72. The minimum Gasteiger partial charge on any atom is -0.479 e. The number of esters is 1. The van der Waals surface area contributed by atoms with E-state index in [9.17, 15) is 29.7 Å². The monoisotopic (exact) mass is 413 g/mol. The van der Waals surface area contributed by atoms with Crippen LogP contribution < -0.4 is 5.32 Å². The van der Waals surface area contributed by atoms with Crippen molar-refractivity contribution in [1.82, 2.24) is 0 Å². The molecule has 0 radical (unpaired) electrons. The zero-order valence-electron chi connectivity index (χ0n) is 15.7. The molecule has 1 aromatic carbocycles. The lowest BCUT2D eigenvalue weighted by molar-refractivity contribution is -0.277. The van der Waals surface area contributed by atoms with Gasteiger partial charge < -0.3 is 34.6 Å². The largest absolute Gasteiger partial charge is 0.479 e. The number of hydrogen-bond donors (Lipinski definition) is 5. The van der Waals surface area contributed by atoms with Gasteiger partial charge in [-0.05, 0) is 17.7 Å². The molecule has 0 aliphatic carbocycles. The van der Waals surface area contributed by atoms with Gasteiger partial charge in [-0.25, -0.2) is 9.59 Å². The Morgan fingerprint density at radius 3 is 2.24 bits per heavy atom. The van der Waals surface area contributed by atoms with Gasteiger partial charge >= 0.3 is 18.0 Å². The van der Waals surface area contributed by atoms with Crippen LogP contribution in [-0.2, 0) is 30.4 Å². The van der Waals surface area contributed by atoms with Crippen LogP contribution in [0.2, 0.25) is 0 Å². The van der Waals surface area contributed by atoms with Crippen LogP contribution in [0.1, 0.15) is 19.4 Å². The molecule has 0 saturated carbocycles. The number of anilines is 1. The normalized spacial score (nSPS) is 26.6. The van der Waals surface area contributed by atoms with Gasteiger partial charge in [-0.15, -0.1) is 0 Å². The van der Waals surface area contributed by atoms with Gasteiger partial charge in [0.25, 0.3) is 0 Å². The second-order valence-corrected chi connectivity index (χ2v) is 6.72. The maximum Gasteiger partial charge on any atom is 0.414 e. The van der Waals surface area contributed by atoms with Gasteiger partial charge in [0.15, 0.2) is 6.10 Å². The molecular formula is C18H23NO10. The lowest BCUT2D eigenvalue weighted by Crippen LogP contribution is -2.60. The summed E-state index contributed by atoms with van der Waals surface area (Å²) in [5, 5.41) is 40.4. The zero-order valence-corrected chi connectivity index (χ0v) is 15.7. The lowest BCUT2D eigenvalue weighted by Gasteiger charge is -2.37. The van der Waals surface area contributed by atoms with E-state index < -0.39 is 42.8 Å². The molecule has 0 aromatic heterocycles. The summed E-state index contributed by atoms with van der Waals surface area (Å²) in [6.45, 7) is 3.50. The fourth-order valence-electron chi connectivity index (χ4n) is 2.41. The van der Waals surface area contributed by atoms with Crippen molar-refractivity contribution in [1.29, 1.82) is 0 Å². The summed E-state index contributed by atoms with van der Waals surface area (Å²) in [6, 6.07) is 6.23. The topological polar surface area (TPSA) is 172 Å². The van der Waals surface area contributed by atoms with E-state index in [2.05, 4.69) is 5.32 Å². The van der Waals surface area contributed by atoms with Crippen molar-refractivity contribution in [3.8, 4) is 0 Å². The van der Waals surface area contributed by atoms with Crippen molar-refractivity contribution in [3.63, 3.8) is 0 Å². The van der Waals surface area contributed by atoms with E-state index in [-0.39, 0.29) is 18.5 Å². The Bertz CT molecular complexity index is 735. The summed E-state index contributed by atoms with van der Waals surface area (Å²) >= 11 is 0. The molecule has 160 valence electrons. The molecule has 11 nitrogen and oxygen atoms in total. The number of aliphatic hydroxyl groups excluding tert-OH is 3. The van der Waals surface area contributed by atoms with Crippen LogP contribution in [0.4, 0.5) is 10.5 Å². The molecule has 29 heavy (non-hydrogen) atoms. The zero-order chi connectivity index (χ0) is 21.7. The van der Waals surface area contributed by atoms with E-state index in [0.717, 1.165) is 0 Å². The summed E-state index contributed by atoms with van der Waals surface area (Å²) in [7, 11) is 0. The van der Waals surface area contributed by atoms with Gasteiger partial charge in [0.1, 0.15) is 24.9 Å². The number of carboxylic acid groups (broad SMARTS) is 1. The fraction of sp³-hybridized carbons (Fsp3) is 0.500. The van der Waals surface area contributed by atoms with Crippen LogP contribution in [0.15, 0.2) is 24.3 Å². The highest BCUT2D eigenvalue weighted by Gasteiger charge is 2.48. The molecule has 0 bridgehead atoms. The third-order valence-electron chi connectivity index (χ3n) is 4.09. The first kappa shape index (κ1) is 22.6. The summed E-state index contributed by atoms with van der Waals surface area (Å²) in [4.78, 5) is 34.5. The maximum atomic E-state index is 12.0. The van der Waals surface area contributed by atoms with Gasteiger partial charge in [0.05, 0.1) is 5.92 Å². The molecule has 1 amide bonds. The second kappa shape index (κ2) is 9.65. The summed E-state index contributed by atoms with van der Waals surface area (Å²) in [5.41, 5.74) is 0.986. The van der Waals surface area contributed by atoms with Gasteiger partial charge in [-0.2, -0.15) is 0 Å². The van der Waals surface area contributed by atoms with Crippen molar-refractivity contribution >= 4 is 23.7 Å². The minimum absolute atomic E-state index is 0.0701. The molecule has 0 spiro atoms. The molecule has 1 aromatic rings. The Morgan fingerprint density at radius 1 is 1.07 bits per heavy atom. The van der Waals surface area contributed by atoms with Gasteiger partial charge in [-0.3, -0.25) is 10.1 Å². The van der Waals surface area contributed by atoms with Crippen LogP contribution in [0.25, 0.3) is 0 Å². The summed E-state index contributed by atoms with van der Waals surface area (Å²) in [5.74, 6) is -2.18. The first-order chi connectivity index (χ1) is 13.6. The molecule has 5 unspecified atom stereocenters. The number of benzene rings is 1. The van der Waals surface area contributed by atoms with E-state index in [1.807, 2.05) is 0 Å². The van der Waals surface area contributed by atoms with Crippen molar-refractivity contribution in [2.75, 3.05) is 5.32 Å². The highest BCUT2D eigenvalue weighted by molar-refractivity contribution is 5.84. The van der Waals surface area contributed by atoms with Crippen molar-refractivity contribution in [3.05, 3.63) is 29.8 Å². The summed E-state index contributed by atoms with van der Waals surface area (Å²) < 4.78 is 14.8. The van der Waals surface area contributed by atoms with Gasteiger partial charge in [-0.1, -0.05) is 26.0 Å². The molecule has 5 N–H and O–H groups in total. The minimum atomic E-state index is -1.89. The Hall–Kier alpha value is -2.73. The Labute approximate surface area is 165 Å². The Morgan fingerprint density at radius 2 is 1.69 bits per heavy atom. The number of amides is 1. The van der Waals surface area contributed by atoms with Crippen molar-refractivity contribution in [2.24, 2.45) is 5.92 Å². The van der Waals surface area contributed by atoms with E-state index >= 15 is 0 Å². The van der Waals surface area contributed by atoms with E-state index in [1.54, 1.807) is 26.0 Å². The third-order valence-corrected chi connectivity index (χ3v) is 4.09. The number of aliphatic carboxylic acids is 1. The predicted octanol–water partition coefficient (Wildman–Crippen LogP) is -0.173. The highest BCUT2D eigenvalue weighted by Crippen LogP contribution is 2.23. The maximum absolute atomic E-state index is 12.0. The number of hydrogen-bond acceptors (Lipinski definition) is 9. The molecule has 1 aliphatic heterocycles. The molecular weight excluding hydrogens is 390 g/mol. The van der Waals surface area contributed by atoms with Crippen LogP contribution in [0.5, 0.6) is 0 Å².